The molecular formula is C21H18ClFN2O3. The lowest BCUT2D eigenvalue weighted by atomic mass is 10.1. The van der Waals surface area contributed by atoms with Gasteiger partial charge in [-0.1, -0.05) is 23.7 Å². The lowest BCUT2D eigenvalue weighted by Gasteiger charge is -2.13. The predicted molar refractivity (Wildman–Crippen MR) is 109 cm³/mol. The van der Waals surface area contributed by atoms with Gasteiger partial charge in [0.05, 0.1) is 11.1 Å². The molecule has 0 aromatic heterocycles. The van der Waals surface area contributed by atoms with Crippen molar-refractivity contribution in [3.63, 3.8) is 0 Å². The van der Waals surface area contributed by atoms with Gasteiger partial charge in [-0.05, 0) is 60.2 Å². The van der Waals surface area contributed by atoms with E-state index in [0.29, 0.717) is 22.9 Å². The quantitative estimate of drug-likeness (QED) is 0.525. The highest BCUT2D eigenvalue weighted by Crippen LogP contribution is 2.21. The van der Waals surface area contributed by atoms with E-state index in [1.165, 1.54) is 36.4 Å². The summed E-state index contributed by atoms with van der Waals surface area (Å²) in [6.45, 7) is 0.427. The molecule has 144 valence electrons. The molecule has 0 spiro atoms. The molecule has 0 saturated carbocycles. The van der Waals surface area contributed by atoms with Gasteiger partial charge in [0.2, 0.25) is 0 Å². The standard InChI is InChI=1S/C21H16ClFN2O3.H2/c22-15-5-1-13(2-6-15)12-24-19-10-7-16(23)11-18(19)20(26)25-17-8-3-14(4-9-17)21(27)28;/h1-11,24H,12H2,(H,25,26)(H,27,28);1H. The number of halogens is 2. The van der Waals surface area contributed by atoms with Gasteiger partial charge in [-0.15, -0.1) is 0 Å². The number of amides is 1. The summed E-state index contributed by atoms with van der Waals surface area (Å²) in [6, 6.07) is 16.8. The summed E-state index contributed by atoms with van der Waals surface area (Å²) in [6.07, 6.45) is 0. The number of carbonyl (C=O) groups excluding carboxylic acids is 1. The van der Waals surface area contributed by atoms with E-state index in [1.54, 1.807) is 12.1 Å². The van der Waals surface area contributed by atoms with Gasteiger partial charge in [-0.2, -0.15) is 0 Å². The van der Waals surface area contributed by atoms with Crippen molar-refractivity contribution in [2.75, 3.05) is 10.6 Å². The third-order valence-electron chi connectivity index (χ3n) is 4.01. The zero-order valence-corrected chi connectivity index (χ0v) is 15.3. The van der Waals surface area contributed by atoms with E-state index in [9.17, 15) is 14.0 Å². The third-order valence-corrected chi connectivity index (χ3v) is 4.26. The molecule has 5 nitrogen and oxygen atoms in total. The number of nitrogens with one attached hydrogen (secondary N) is 2. The Morgan fingerprint density at radius 1 is 1.00 bits per heavy atom. The summed E-state index contributed by atoms with van der Waals surface area (Å²) >= 11 is 5.87. The van der Waals surface area contributed by atoms with Crippen LogP contribution in [0.4, 0.5) is 15.8 Å². The molecule has 0 bridgehead atoms. The van der Waals surface area contributed by atoms with E-state index >= 15 is 0 Å². The van der Waals surface area contributed by atoms with E-state index in [4.69, 9.17) is 16.7 Å². The minimum Gasteiger partial charge on any atom is -0.478 e. The van der Waals surface area contributed by atoms with E-state index in [-0.39, 0.29) is 12.6 Å². The van der Waals surface area contributed by atoms with Gasteiger partial charge in [0.1, 0.15) is 5.82 Å². The van der Waals surface area contributed by atoms with Crippen LogP contribution in [0.3, 0.4) is 0 Å². The Labute approximate surface area is 167 Å². The molecule has 7 heteroatoms. The van der Waals surface area contributed by atoms with Crippen molar-refractivity contribution in [1.82, 2.24) is 0 Å². The Bertz CT molecular complexity index is 1010. The summed E-state index contributed by atoms with van der Waals surface area (Å²) in [5, 5.41) is 15.3. The maximum atomic E-state index is 13.7. The molecule has 0 radical (unpaired) electrons. The van der Waals surface area contributed by atoms with Gasteiger partial charge in [0.15, 0.2) is 0 Å². The van der Waals surface area contributed by atoms with Crippen molar-refractivity contribution in [3.8, 4) is 0 Å². The number of carbonyl (C=O) groups is 2. The van der Waals surface area contributed by atoms with E-state index < -0.39 is 17.7 Å². The summed E-state index contributed by atoms with van der Waals surface area (Å²) in [4.78, 5) is 23.5. The predicted octanol–water partition coefficient (Wildman–Crippen LogP) is 5.29. The molecule has 0 aliphatic carbocycles. The Morgan fingerprint density at radius 2 is 1.68 bits per heavy atom. The number of carboxylic acids is 1. The first-order valence-electron chi connectivity index (χ1n) is 8.35. The van der Waals surface area contributed by atoms with Crippen LogP contribution in [-0.4, -0.2) is 17.0 Å². The first-order chi connectivity index (χ1) is 13.4. The normalized spacial score (nSPS) is 10.4. The number of carboxylic acid groups (broad SMARTS) is 1. The zero-order chi connectivity index (χ0) is 20.1. The lowest BCUT2D eigenvalue weighted by molar-refractivity contribution is 0.0696. The first kappa shape index (κ1) is 19.4. The average Bonchev–Trinajstić information content (AvgIpc) is 2.68. The van der Waals surface area contributed by atoms with Gasteiger partial charge >= 0.3 is 5.97 Å². The fourth-order valence-corrected chi connectivity index (χ4v) is 2.68. The molecule has 0 atom stereocenters. The Morgan fingerprint density at radius 3 is 2.32 bits per heavy atom. The molecular weight excluding hydrogens is 383 g/mol. The molecule has 3 aromatic carbocycles. The SMILES string of the molecule is O=C(O)c1ccc(NC(=O)c2cc(F)ccc2NCc2ccc(Cl)cc2)cc1.[HH]. The van der Waals surface area contributed by atoms with Gasteiger partial charge < -0.3 is 15.7 Å². The van der Waals surface area contributed by atoms with Crippen LogP contribution >= 0.6 is 11.6 Å². The topological polar surface area (TPSA) is 78.4 Å². The molecule has 3 N–H and O–H groups in total. The largest absolute Gasteiger partial charge is 0.478 e. The van der Waals surface area contributed by atoms with Crippen LogP contribution in [0.15, 0.2) is 66.7 Å². The second-order valence-corrected chi connectivity index (χ2v) is 6.44. The van der Waals surface area contributed by atoms with E-state index in [1.807, 2.05) is 12.1 Å². The highest BCUT2D eigenvalue weighted by atomic mass is 35.5. The third kappa shape index (κ3) is 4.86. The molecule has 0 unspecified atom stereocenters. The van der Waals surface area contributed by atoms with Crippen molar-refractivity contribution >= 4 is 34.9 Å². The van der Waals surface area contributed by atoms with Crippen LogP contribution < -0.4 is 10.6 Å². The van der Waals surface area contributed by atoms with E-state index in [0.717, 1.165) is 11.6 Å². The lowest BCUT2D eigenvalue weighted by Crippen LogP contribution is -2.15. The number of benzene rings is 3. The molecule has 0 aliphatic rings. The molecule has 3 aromatic rings. The molecule has 0 fully saturated rings. The number of anilines is 2. The van der Waals surface area contributed by atoms with Crippen molar-refractivity contribution in [2.24, 2.45) is 0 Å². The summed E-state index contributed by atoms with van der Waals surface area (Å²) in [7, 11) is 0. The minimum atomic E-state index is -1.06. The fourth-order valence-electron chi connectivity index (χ4n) is 2.55. The van der Waals surface area contributed by atoms with Crippen LogP contribution in [0, 0.1) is 5.82 Å². The van der Waals surface area contributed by atoms with Crippen LogP contribution in [0.25, 0.3) is 0 Å². The molecule has 3 rings (SSSR count). The second-order valence-electron chi connectivity index (χ2n) is 6.01. The summed E-state index contributed by atoms with van der Waals surface area (Å²) in [5.41, 5.74) is 2.06. The minimum absolute atomic E-state index is 0. The maximum Gasteiger partial charge on any atom is 0.335 e. The Kier molecular flexibility index (Phi) is 5.91. The number of rotatable bonds is 6. The fraction of sp³-hybridized carbons (Fsp3) is 0.0476. The van der Waals surface area contributed by atoms with Crippen LogP contribution in [0.1, 0.15) is 27.7 Å². The van der Waals surface area contributed by atoms with Gasteiger partial charge in [0.25, 0.3) is 5.91 Å². The first-order valence-corrected chi connectivity index (χ1v) is 8.73. The summed E-state index contributed by atoms with van der Waals surface area (Å²) < 4.78 is 13.7. The smallest absolute Gasteiger partial charge is 0.335 e. The van der Waals surface area contributed by atoms with Crippen LogP contribution in [0.5, 0.6) is 0 Å². The van der Waals surface area contributed by atoms with Crippen molar-refractivity contribution < 1.29 is 20.5 Å². The highest BCUT2D eigenvalue weighted by molar-refractivity contribution is 6.30. The Hall–Kier alpha value is -3.38. The number of hydrogen-bond donors (Lipinski definition) is 3. The van der Waals surface area contributed by atoms with Crippen molar-refractivity contribution in [3.05, 3.63) is 94.3 Å². The Balaban J connectivity index is 0.00000300. The van der Waals surface area contributed by atoms with Crippen LogP contribution in [-0.2, 0) is 6.54 Å². The molecule has 0 heterocycles. The number of hydrogen-bond acceptors (Lipinski definition) is 3. The second kappa shape index (κ2) is 8.54. The summed E-state index contributed by atoms with van der Waals surface area (Å²) in [5.74, 6) is -2.11. The van der Waals surface area contributed by atoms with Gasteiger partial charge in [-0.3, -0.25) is 4.79 Å². The highest BCUT2D eigenvalue weighted by Gasteiger charge is 2.14. The molecule has 28 heavy (non-hydrogen) atoms. The molecule has 1 amide bonds. The van der Waals surface area contributed by atoms with Crippen LogP contribution in [0.2, 0.25) is 5.02 Å². The average molecular weight is 401 g/mol. The maximum absolute atomic E-state index is 13.7. The zero-order valence-electron chi connectivity index (χ0n) is 14.6. The molecule has 0 aliphatic heterocycles. The van der Waals surface area contributed by atoms with Gasteiger partial charge in [-0.25, -0.2) is 9.18 Å². The van der Waals surface area contributed by atoms with E-state index in [2.05, 4.69) is 10.6 Å². The van der Waals surface area contributed by atoms with Crippen molar-refractivity contribution in [1.29, 1.82) is 0 Å². The molecule has 0 saturated heterocycles. The monoisotopic (exact) mass is 400 g/mol. The van der Waals surface area contributed by atoms with Gasteiger partial charge in [0, 0.05) is 24.4 Å². The number of aromatic carboxylic acids is 1. The van der Waals surface area contributed by atoms with Crippen molar-refractivity contribution in [2.45, 2.75) is 6.54 Å².